The van der Waals surface area contributed by atoms with Crippen LogP contribution in [0.15, 0.2) is 0 Å². The number of hydrogen-bond acceptors (Lipinski definition) is 3. The molecule has 0 saturated heterocycles. The van der Waals surface area contributed by atoms with Gasteiger partial charge in [0.05, 0.1) is 0 Å². The molecular formula is C10H19BaNO3. The van der Waals surface area contributed by atoms with Crippen LogP contribution in [0.3, 0.4) is 0 Å². The molecule has 1 atom stereocenters. The zero-order valence-electron chi connectivity index (χ0n) is 11.1. The van der Waals surface area contributed by atoms with Crippen LogP contribution in [-0.4, -0.2) is 65.6 Å². The van der Waals surface area contributed by atoms with Gasteiger partial charge in [-0.25, -0.2) is 0 Å². The Labute approximate surface area is 133 Å². The minimum atomic E-state index is -0.923. The first-order valence-corrected chi connectivity index (χ1v) is 5.38. The molecule has 15 heavy (non-hydrogen) atoms. The van der Waals surface area contributed by atoms with Crippen LogP contribution in [0, 0.1) is 10.1 Å². The van der Waals surface area contributed by atoms with Gasteiger partial charge in [-0.2, -0.15) is 0 Å². The van der Waals surface area contributed by atoms with Crippen molar-refractivity contribution in [2.24, 2.45) is 0 Å². The molecule has 0 spiro atoms. The predicted octanol–water partition coefficient (Wildman–Crippen LogP) is 2.18. The number of carbonyl (C=O) groups is 1. The Morgan fingerprint density at radius 3 is 2.27 bits per heavy atom. The molecule has 1 rings (SSSR count). The first-order valence-electron chi connectivity index (χ1n) is 5.38. The van der Waals surface area contributed by atoms with E-state index in [1.54, 1.807) is 0 Å². The molecule has 4 nitrogen and oxygen atoms in total. The van der Waals surface area contributed by atoms with Crippen molar-refractivity contribution in [1.82, 2.24) is 0 Å². The van der Waals surface area contributed by atoms with E-state index in [1.807, 2.05) is 0 Å². The molecule has 1 unspecified atom stereocenters. The normalized spacial score (nSPS) is 24.0. The van der Waals surface area contributed by atoms with Gasteiger partial charge >= 0.3 is 48.9 Å². The molecule has 84 valence electrons. The maximum Gasteiger partial charge on any atom is 2.00 e. The van der Waals surface area contributed by atoms with E-state index in [4.69, 9.17) is 0 Å². The summed E-state index contributed by atoms with van der Waals surface area (Å²) in [5.41, 5.74) is 0. The molecule has 0 aromatic heterocycles. The van der Waals surface area contributed by atoms with Gasteiger partial charge in [-0.05, 0) is 12.8 Å². The van der Waals surface area contributed by atoms with E-state index in [-0.39, 0.29) is 57.5 Å². The maximum atomic E-state index is 11.4. The summed E-state index contributed by atoms with van der Waals surface area (Å²) in [5.74, 6) is -0.170. The fourth-order valence-electron chi connectivity index (χ4n) is 1.89. The van der Waals surface area contributed by atoms with Crippen molar-refractivity contribution in [2.75, 3.05) is 0 Å². The number of hydrogen-bond donors (Lipinski definition) is 0. The van der Waals surface area contributed by atoms with Crippen LogP contribution in [0.5, 0.6) is 0 Å². The van der Waals surface area contributed by atoms with Gasteiger partial charge < -0.3 is 2.85 Å². The number of nitrogens with zero attached hydrogens (tertiary/aromatic N) is 1. The minimum Gasteiger partial charge on any atom is -1.00 e. The van der Waals surface area contributed by atoms with Crippen LogP contribution in [0.4, 0.5) is 0 Å². The number of nitro groups is 1. The summed E-state index contributed by atoms with van der Waals surface area (Å²) < 4.78 is 0. The SMILES string of the molecule is O=C1CCCCCCCCC1[N+](=O)[O-].[Ba+2].[H-].[H-]. The van der Waals surface area contributed by atoms with Gasteiger partial charge in [0.25, 0.3) is 6.04 Å². The number of ketones is 1. The van der Waals surface area contributed by atoms with Gasteiger partial charge in [-0.15, -0.1) is 0 Å². The van der Waals surface area contributed by atoms with E-state index >= 15 is 0 Å². The Balaban J connectivity index is -0.000000653. The fourth-order valence-corrected chi connectivity index (χ4v) is 1.89. The largest absolute Gasteiger partial charge is 2.00 e. The van der Waals surface area contributed by atoms with Crippen molar-refractivity contribution in [3.8, 4) is 0 Å². The Bertz CT molecular complexity index is 230. The van der Waals surface area contributed by atoms with Gasteiger partial charge in [0.1, 0.15) is 0 Å². The Morgan fingerprint density at radius 1 is 1.13 bits per heavy atom. The summed E-state index contributed by atoms with van der Waals surface area (Å²) in [5, 5.41) is 10.6. The first-order chi connectivity index (χ1) is 6.72. The van der Waals surface area contributed by atoms with Crippen molar-refractivity contribution in [3.05, 3.63) is 10.1 Å². The van der Waals surface area contributed by atoms with E-state index in [0.29, 0.717) is 12.8 Å². The van der Waals surface area contributed by atoms with E-state index in [1.165, 1.54) is 0 Å². The van der Waals surface area contributed by atoms with Crippen LogP contribution in [0.2, 0.25) is 0 Å². The molecule has 0 heterocycles. The van der Waals surface area contributed by atoms with Gasteiger partial charge in [-0.3, -0.25) is 14.9 Å². The molecule has 0 bridgehead atoms. The Kier molecular flexibility index (Phi) is 9.13. The minimum absolute atomic E-state index is 0. The summed E-state index contributed by atoms with van der Waals surface area (Å²) in [6, 6.07) is -0.923. The van der Waals surface area contributed by atoms with Crippen LogP contribution in [0.1, 0.15) is 54.2 Å². The monoisotopic (exact) mass is 339 g/mol. The zero-order valence-corrected chi connectivity index (χ0v) is 13.6. The molecular weight excluding hydrogens is 319 g/mol. The third-order valence-electron chi connectivity index (χ3n) is 2.78. The van der Waals surface area contributed by atoms with E-state index in [2.05, 4.69) is 0 Å². The maximum absolute atomic E-state index is 11.4. The van der Waals surface area contributed by atoms with Crippen molar-refractivity contribution >= 4 is 54.7 Å². The second-order valence-corrected chi connectivity index (χ2v) is 3.93. The van der Waals surface area contributed by atoms with Crippen LogP contribution >= 0.6 is 0 Å². The van der Waals surface area contributed by atoms with Crippen LogP contribution in [0.25, 0.3) is 0 Å². The van der Waals surface area contributed by atoms with E-state index in [0.717, 1.165) is 38.5 Å². The molecule has 1 fully saturated rings. The van der Waals surface area contributed by atoms with Crippen molar-refractivity contribution in [2.45, 2.75) is 57.4 Å². The summed E-state index contributed by atoms with van der Waals surface area (Å²) in [6.45, 7) is 0. The van der Waals surface area contributed by atoms with Crippen LogP contribution < -0.4 is 0 Å². The summed E-state index contributed by atoms with van der Waals surface area (Å²) in [7, 11) is 0. The molecule has 1 saturated carbocycles. The fraction of sp³-hybridized carbons (Fsp3) is 0.900. The molecule has 1 aliphatic rings. The summed E-state index contributed by atoms with van der Waals surface area (Å²) in [4.78, 5) is 21.6. The Hall–Kier alpha value is 0.641. The third kappa shape index (κ3) is 6.06. The quantitative estimate of drug-likeness (QED) is 0.418. The van der Waals surface area contributed by atoms with Gasteiger partial charge in [0.15, 0.2) is 0 Å². The molecule has 0 aromatic rings. The smallest absolute Gasteiger partial charge is 1.00 e. The predicted molar refractivity (Wildman–Crippen MR) is 60.7 cm³/mol. The first kappa shape index (κ1) is 15.6. The molecule has 0 radical (unpaired) electrons. The molecule has 0 aromatic carbocycles. The van der Waals surface area contributed by atoms with Gasteiger partial charge in [0, 0.05) is 17.8 Å². The number of carbonyl (C=O) groups excluding carboxylic acids is 1. The van der Waals surface area contributed by atoms with Crippen molar-refractivity contribution in [3.63, 3.8) is 0 Å². The second-order valence-electron chi connectivity index (χ2n) is 3.93. The molecule has 0 aliphatic heterocycles. The average molecular weight is 339 g/mol. The number of Topliss-reactive ketones (excluding diaryl/α,β-unsaturated/α-hetero) is 1. The standard InChI is InChI=1S/C10H17NO3.Ba.2H/c12-10-8-6-4-2-1-3-5-7-9(10)11(13)14;;;/h9H,1-8H2;;;/q;+2;2*-1. The summed E-state index contributed by atoms with van der Waals surface area (Å²) >= 11 is 0. The number of rotatable bonds is 1. The second kappa shape index (κ2) is 8.75. The molecule has 5 heteroatoms. The molecule has 0 amide bonds. The third-order valence-corrected chi connectivity index (χ3v) is 2.78. The van der Waals surface area contributed by atoms with Crippen molar-refractivity contribution < 1.29 is 12.6 Å². The van der Waals surface area contributed by atoms with E-state index in [9.17, 15) is 14.9 Å². The Morgan fingerprint density at radius 2 is 1.67 bits per heavy atom. The topological polar surface area (TPSA) is 60.2 Å². The van der Waals surface area contributed by atoms with Gasteiger partial charge in [-0.1, -0.05) is 25.7 Å². The average Bonchev–Trinajstić information content (AvgIpc) is 2.15. The van der Waals surface area contributed by atoms with Crippen molar-refractivity contribution in [1.29, 1.82) is 0 Å². The molecule has 0 N–H and O–H groups in total. The van der Waals surface area contributed by atoms with E-state index < -0.39 is 11.0 Å². The summed E-state index contributed by atoms with van der Waals surface area (Å²) in [6.07, 6.45) is 6.85. The molecule has 1 aliphatic carbocycles. The van der Waals surface area contributed by atoms with Crippen LogP contribution in [-0.2, 0) is 4.79 Å². The zero-order chi connectivity index (χ0) is 10.4. The van der Waals surface area contributed by atoms with Gasteiger partial charge in [0.2, 0.25) is 5.78 Å².